The predicted molar refractivity (Wildman–Crippen MR) is 75.4 cm³/mol. The van der Waals surface area contributed by atoms with E-state index in [9.17, 15) is 26.3 Å². The minimum atomic E-state index is -4.62. The fourth-order valence-corrected chi connectivity index (χ4v) is 2.42. The molecule has 0 N–H and O–H groups in total. The summed E-state index contributed by atoms with van der Waals surface area (Å²) in [5, 5.41) is 0. The number of alkyl halides is 8. The topological polar surface area (TPSA) is 0 Å². The van der Waals surface area contributed by atoms with Gasteiger partial charge in [0, 0.05) is 0 Å². The third kappa shape index (κ3) is 3.93. The maximum atomic E-state index is 12.7. The Bertz CT molecular complexity index is 644. The summed E-state index contributed by atoms with van der Waals surface area (Å²) >= 11 is 12.1. The van der Waals surface area contributed by atoms with E-state index in [4.69, 9.17) is 23.2 Å². The standard InChI is InChI=1S/C15H8Cl2F6/c16-13(17,9-3-1-5-11(7-9)14(18,19)20)10-4-2-6-12(8-10)15(21,22)23/h1-8H. The minimum absolute atomic E-state index is 0.171. The first-order valence-electron chi connectivity index (χ1n) is 6.15. The summed E-state index contributed by atoms with van der Waals surface area (Å²) < 4.78 is 74.4. The van der Waals surface area contributed by atoms with Gasteiger partial charge in [0.15, 0.2) is 4.33 Å². The number of hydrogen-bond donors (Lipinski definition) is 0. The van der Waals surface area contributed by atoms with Crippen LogP contribution in [0.1, 0.15) is 22.3 Å². The highest BCUT2D eigenvalue weighted by molar-refractivity contribution is 6.50. The Morgan fingerprint density at radius 3 is 1.17 bits per heavy atom. The summed E-state index contributed by atoms with van der Waals surface area (Å²) in [7, 11) is 0. The van der Waals surface area contributed by atoms with Crippen molar-refractivity contribution in [3.63, 3.8) is 0 Å². The summed E-state index contributed by atoms with van der Waals surface area (Å²) in [6.45, 7) is 0. The number of hydrogen-bond acceptors (Lipinski definition) is 0. The zero-order valence-corrected chi connectivity index (χ0v) is 12.7. The quantitative estimate of drug-likeness (QED) is 0.422. The van der Waals surface area contributed by atoms with Crippen molar-refractivity contribution in [1.29, 1.82) is 0 Å². The molecule has 0 aromatic heterocycles. The van der Waals surface area contributed by atoms with Crippen LogP contribution >= 0.6 is 23.2 Å². The third-order valence-electron chi connectivity index (χ3n) is 3.10. The van der Waals surface area contributed by atoms with Gasteiger partial charge in [-0.3, -0.25) is 0 Å². The van der Waals surface area contributed by atoms with E-state index >= 15 is 0 Å². The summed E-state index contributed by atoms with van der Waals surface area (Å²) in [6, 6.07) is 7.67. The van der Waals surface area contributed by atoms with Crippen LogP contribution in [0, 0.1) is 0 Å². The molecule has 0 saturated heterocycles. The minimum Gasteiger partial charge on any atom is -0.166 e. The van der Waals surface area contributed by atoms with Crippen molar-refractivity contribution in [2.45, 2.75) is 16.7 Å². The van der Waals surface area contributed by atoms with Gasteiger partial charge in [0.05, 0.1) is 11.1 Å². The summed E-state index contributed by atoms with van der Waals surface area (Å²) in [5.74, 6) is 0. The molecule has 8 heteroatoms. The van der Waals surface area contributed by atoms with E-state index < -0.39 is 27.8 Å². The Balaban J connectivity index is 2.51. The molecule has 23 heavy (non-hydrogen) atoms. The molecule has 0 aliphatic rings. The molecule has 2 aromatic rings. The van der Waals surface area contributed by atoms with Gasteiger partial charge in [-0.15, -0.1) is 0 Å². The molecule has 0 unspecified atom stereocenters. The van der Waals surface area contributed by atoms with Crippen molar-refractivity contribution in [3.8, 4) is 0 Å². The van der Waals surface area contributed by atoms with Gasteiger partial charge in [0.1, 0.15) is 0 Å². The Labute approximate surface area is 137 Å². The molecule has 0 fully saturated rings. The third-order valence-corrected chi connectivity index (χ3v) is 3.98. The maximum Gasteiger partial charge on any atom is 0.416 e. The molecule has 0 aliphatic heterocycles. The first kappa shape index (κ1) is 17.9. The highest BCUT2D eigenvalue weighted by Gasteiger charge is 2.37. The summed E-state index contributed by atoms with van der Waals surface area (Å²) in [6.07, 6.45) is -9.23. The van der Waals surface area contributed by atoms with Gasteiger partial charge in [0.2, 0.25) is 0 Å². The highest BCUT2D eigenvalue weighted by atomic mass is 35.5. The van der Waals surface area contributed by atoms with Gasteiger partial charge < -0.3 is 0 Å². The lowest BCUT2D eigenvalue weighted by Crippen LogP contribution is -2.16. The van der Waals surface area contributed by atoms with Crippen LogP contribution in [0.15, 0.2) is 48.5 Å². The van der Waals surface area contributed by atoms with Gasteiger partial charge in [-0.2, -0.15) is 26.3 Å². The van der Waals surface area contributed by atoms with Gasteiger partial charge in [-0.1, -0.05) is 47.5 Å². The largest absolute Gasteiger partial charge is 0.416 e. The van der Waals surface area contributed by atoms with E-state index in [0.29, 0.717) is 12.1 Å². The Morgan fingerprint density at radius 1 is 0.565 bits per heavy atom. The Hall–Kier alpha value is -1.40. The molecule has 2 rings (SSSR count). The van der Waals surface area contributed by atoms with Crippen molar-refractivity contribution < 1.29 is 26.3 Å². The monoisotopic (exact) mass is 372 g/mol. The van der Waals surface area contributed by atoms with E-state index in [-0.39, 0.29) is 11.1 Å². The predicted octanol–water partition coefficient (Wildman–Crippen LogP) is 6.40. The van der Waals surface area contributed by atoms with Gasteiger partial charge >= 0.3 is 12.4 Å². The summed E-state index contributed by atoms with van der Waals surface area (Å²) in [4.78, 5) is 0. The number of rotatable bonds is 2. The molecule has 0 atom stereocenters. The first-order chi connectivity index (χ1) is 10.4. The van der Waals surface area contributed by atoms with Crippen molar-refractivity contribution in [2.24, 2.45) is 0 Å². The second-order valence-corrected chi connectivity index (χ2v) is 6.06. The van der Waals surface area contributed by atoms with Gasteiger partial charge in [-0.05, 0) is 35.4 Å². The zero-order valence-electron chi connectivity index (χ0n) is 11.1. The zero-order chi connectivity index (χ0) is 17.5. The molecule has 0 bridgehead atoms. The second kappa shape index (κ2) is 5.91. The lowest BCUT2D eigenvalue weighted by molar-refractivity contribution is -0.138. The Morgan fingerprint density at radius 2 is 0.870 bits per heavy atom. The van der Waals surface area contributed by atoms with Gasteiger partial charge in [-0.25, -0.2) is 0 Å². The molecular formula is C15H8Cl2F6. The average molecular weight is 373 g/mol. The fourth-order valence-electron chi connectivity index (χ4n) is 1.95. The van der Waals surface area contributed by atoms with Crippen LogP contribution in [-0.4, -0.2) is 0 Å². The smallest absolute Gasteiger partial charge is 0.166 e. The molecule has 0 saturated carbocycles. The first-order valence-corrected chi connectivity index (χ1v) is 6.91. The molecule has 124 valence electrons. The lowest BCUT2D eigenvalue weighted by atomic mass is 9.99. The van der Waals surface area contributed by atoms with Crippen LogP contribution in [0.5, 0.6) is 0 Å². The van der Waals surface area contributed by atoms with Crippen molar-refractivity contribution in [2.75, 3.05) is 0 Å². The van der Waals surface area contributed by atoms with Crippen LogP contribution in [-0.2, 0) is 16.7 Å². The molecule has 0 radical (unpaired) electrons. The van der Waals surface area contributed by atoms with E-state index in [1.165, 1.54) is 12.1 Å². The van der Waals surface area contributed by atoms with Crippen molar-refractivity contribution in [1.82, 2.24) is 0 Å². The maximum absolute atomic E-state index is 12.7. The molecule has 0 spiro atoms. The SMILES string of the molecule is FC(F)(F)c1cccc(C(Cl)(Cl)c2cccc(C(F)(F)F)c2)c1. The van der Waals surface area contributed by atoms with Crippen LogP contribution in [0.4, 0.5) is 26.3 Å². The molecular weight excluding hydrogens is 365 g/mol. The average Bonchev–Trinajstić information content (AvgIpc) is 2.46. The summed E-state index contributed by atoms with van der Waals surface area (Å²) in [5.41, 5.74) is -2.33. The molecule has 0 aliphatic carbocycles. The van der Waals surface area contributed by atoms with Crippen LogP contribution in [0.3, 0.4) is 0 Å². The van der Waals surface area contributed by atoms with Crippen LogP contribution in [0.2, 0.25) is 0 Å². The Kier molecular flexibility index (Phi) is 4.61. The van der Waals surface area contributed by atoms with E-state index in [1.807, 2.05) is 0 Å². The molecule has 0 nitrogen and oxygen atoms in total. The molecule has 2 aromatic carbocycles. The molecule has 0 heterocycles. The lowest BCUT2D eigenvalue weighted by Gasteiger charge is -2.23. The van der Waals surface area contributed by atoms with Gasteiger partial charge in [0.25, 0.3) is 0 Å². The number of halogens is 8. The van der Waals surface area contributed by atoms with E-state index in [1.54, 1.807) is 0 Å². The van der Waals surface area contributed by atoms with E-state index in [2.05, 4.69) is 0 Å². The van der Waals surface area contributed by atoms with Crippen LogP contribution in [0.25, 0.3) is 0 Å². The fraction of sp³-hybridized carbons (Fsp3) is 0.200. The second-order valence-electron chi connectivity index (χ2n) is 4.73. The van der Waals surface area contributed by atoms with Crippen LogP contribution < -0.4 is 0 Å². The van der Waals surface area contributed by atoms with E-state index in [0.717, 1.165) is 24.3 Å². The van der Waals surface area contributed by atoms with Crippen molar-refractivity contribution >= 4 is 23.2 Å². The number of benzene rings is 2. The normalized spacial score (nSPS) is 13.2. The van der Waals surface area contributed by atoms with Crippen molar-refractivity contribution in [3.05, 3.63) is 70.8 Å². The molecule has 0 amide bonds. The highest BCUT2D eigenvalue weighted by Crippen LogP contribution is 2.44.